The fraction of sp³-hybridized carbons (Fsp3) is 0.118. The molecule has 1 N–H and O–H groups in total. The third-order valence-electron chi connectivity index (χ3n) is 3.51. The van der Waals surface area contributed by atoms with E-state index in [0.717, 1.165) is 5.56 Å². The monoisotopic (exact) mass is 310 g/mol. The fourth-order valence-electron chi connectivity index (χ4n) is 2.26. The maximum Gasteiger partial charge on any atom is 0.270 e. The minimum absolute atomic E-state index is 0.187. The second-order valence-corrected chi connectivity index (χ2v) is 5.11. The van der Waals surface area contributed by atoms with Crippen molar-refractivity contribution in [3.8, 4) is 5.69 Å². The van der Waals surface area contributed by atoms with E-state index in [0.29, 0.717) is 11.4 Å². The largest absolute Gasteiger partial charge is 0.344 e. The van der Waals surface area contributed by atoms with E-state index in [2.05, 4.69) is 15.3 Å². The van der Waals surface area contributed by atoms with Crippen molar-refractivity contribution >= 4 is 5.91 Å². The van der Waals surface area contributed by atoms with Crippen LogP contribution in [0.1, 0.15) is 29.0 Å². The van der Waals surface area contributed by atoms with Crippen LogP contribution in [-0.2, 0) is 0 Å². The first-order chi connectivity index (χ1) is 11.1. The number of carbonyl (C=O) groups is 1. The Bertz CT molecular complexity index is 799. The fourth-order valence-corrected chi connectivity index (χ4v) is 2.26. The van der Waals surface area contributed by atoms with Crippen LogP contribution < -0.4 is 5.32 Å². The Morgan fingerprint density at radius 1 is 1.17 bits per heavy atom. The molecule has 0 aliphatic heterocycles. The lowest BCUT2D eigenvalue weighted by Gasteiger charge is -2.14. The zero-order chi connectivity index (χ0) is 16.2. The van der Waals surface area contributed by atoms with E-state index in [1.165, 1.54) is 24.7 Å². The summed E-state index contributed by atoms with van der Waals surface area (Å²) in [5, 5.41) is 2.91. The molecule has 1 atom stereocenters. The summed E-state index contributed by atoms with van der Waals surface area (Å²) >= 11 is 0. The Balaban J connectivity index is 1.81. The maximum atomic E-state index is 13.0. The Labute approximate surface area is 132 Å². The van der Waals surface area contributed by atoms with Crippen molar-refractivity contribution in [2.24, 2.45) is 0 Å². The molecular formula is C17H15FN4O. The molecule has 0 aliphatic rings. The van der Waals surface area contributed by atoms with Crippen LogP contribution in [-0.4, -0.2) is 20.4 Å². The molecule has 2 heterocycles. The Morgan fingerprint density at radius 3 is 2.65 bits per heavy atom. The van der Waals surface area contributed by atoms with Crippen LogP contribution in [0.3, 0.4) is 0 Å². The predicted octanol–water partition coefficient (Wildman–Crippen LogP) is 2.90. The van der Waals surface area contributed by atoms with Gasteiger partial charge in [0.15, 0.2) is 0 Å². The first-order valence-electron chi connectivity index (χ1n) is 7.14. The van der Waals surface area contributed by atoms with Gasteiger partial charge in [0.25, 0.3) is 5.91 Å². The zero-order valence-electron chi connectivity index (χ0n) is 12.5. The average Bonchev–Trinajstić information content (AvgIpc) is 3.06. The number of pyridine rings is 1. The molecule has 2 aromatic heterocycles. The highest BCUT2D eigenvalue weighted by atomic mass is 19.1. The van der Waals surface area contributed by atoms with Gasteiger partial charge in [0, 0.05) is 18.1 Å². The van der Waals surface area contributed by atoms with Crippen molar-refractivity contribution in [2.45, 2.75) is 13.0 Å². The van der Waals surface area contributed by atoms with Crippen LogP contribution in [0.4, 0.5) is 4.39 Å². The molecule has 23 heavy (non-hydrogen) atoms. The normalized spacial score (nSPS) is 11.9. The van der Waals surface area contributed by atoms with E-state index in [-0.39, 0.29) is 17.8 Å². The predicted molar refractivity (Wildman–Crippen MR) is 83.6 cm³/mol. The van der Waals surface area contributed by atoms with Crippen LogP contribution in [0.15, 0.2) is 61.3 Å². The molecule has 1 aromatic carbocycles. The Hall–Kier alpha value is -3.02. The lowest BCUT2D eigenvalue weighted by molar-refractivity contribution is 0.0933. The highest BCUT2D eigenvalue weighted by molar-refractivity contribution is 5.93. The van der Waals surface area contributed by atoms with E-state index >= 15 is 0 Å². The molecule has 1 amide bonds. The topological polar surface area (TPSA) is 59.8 Å². The highest BCUT2D eigenvalue weighted by Crippen LogP contribution is 2.15. The lowest BCUT2D eigenvalue weighted by atomic mass is 10.1. The molecule has 0 bridgehead atoms. The second kappa shape index (κ2) is 6.39. The van der Waals surface area contributed by atoms with Gasteiger partial charge in [0.1, 0.15) is 11.5 Å². The van der Waals surface area contributed by atoms with Crippen LogP contribution in [0.5, 0.6) is 0 Å². The molecular weight excluding hydrogens is 295 g/mol. The molecule has 5 nitrogen and oxygen atoms in total. The third-order valence-corrected chi connectivity index (χ3v) is 3.51. The van der Waals surface area contributed by atoms with E-state index in [9.17, 15) is 9.18 Å². The molecule has 3 aromatic rings. The van der Waals surface area contributed by atoms with Gasteiger partial charge in [-0.1, -0.05) is 6.07 Å². The first kappa shape index (κ1) is 14.9. The third kappa shape index (κ3) is 3.26. The average molecular weight is 310 g/mol. The number of imidazole rings is 1. The van der Waals surface area contributed by atoms with Gasteiger partial charge in [-0.15, -0.1) is 0 Å². The molecule has 0 spiro atoms. The van der Waals surface area contributed by atoms with Gasteiger partial charge in [0.2, 0.25) is 0 Å². The molecule has 3 rings (SSSR count). The SMILES string of the molecule is CC(NC(=O)c1cncn1-c1ccc(F)cc1)c1cccnc1. The van der Waals surface area contributed by atoms with Crippen molar-refractivity contribution in [2.75, 3.05) is 0 Å². The number of amides is 1. The minimum atomic E-state index is -0.329. The summed E-state index contributed by atoms with van der Waals surface area (Å²) in [7, 11) is 0. The molecule has 0 saturated carbocycles. The smallest absolute Gasteiger partial charge is 0.270 e. The summed E-state index contributed by atoms with van der Waals surface area (Å²) in [5.41, 5.74) is 1.96. The summed E-state index contributed by atoms with van der Waals surface area (Å²) in [6.45, 7) is 1.88. The van der Waals surface area contributed by atoms with Crippen molar-refractivity contribution in [1.29, 1.82) is 0 Å². The standard InChI is InChI=1S/C17H15FN4O/c1-12(13-3-2-8-19-9-13)21-17(23)16-10-20-11-22(16)15-6-4-14(18)5-7-15/h2-12H,1H3,(H,21,23). The number of hydrogen-bond acceptors (Lipinski definition) is 3. The van der Waals surface area contributed by atoms with E-state index in [1.807, 2.05) is 19.1 Å². The number of halogens is 1. The van der Waals surface area contributed by atoms with Gasteiger partial charge in [-0.2, -0.15) is 0 Å². The van der Waals surface area contributed by atoms with Gasteiger partial charge in [-0.3, -0.25) is 14.3 Å². The quantitative estimate of drug-likeness (QED) is 0.806. The van der Waals surface area contributed by atoms with Crippen LogP contribution in [0, 0.1) is 5.82 Å². The summed E-state index contributed by atoms with van der Waals surface area (Å²) < 4.78 is 14.7. The van der Waals surface area contributed by atoms with E-state index in [1.54, 1.807) is 29.1 Å². The number of nitrogens with zero attached hydrogens (tertiary/aromatic N) is 3. The van der Waals surface area contributed by atoms with E-state index < -0.39 is 0 Å². The van der Waals surface area contributed by atoms with Gasteiger partial charge in [-0.25, -0.2) is 9.37 Å². The second-order valence-electron chi connectivity index (χ2n) is 5.11. The van der Waals surface area contributed by atoms with Crippen LogP contribution in [0.2, 0.25) is 0 Å². The lowest BCUT2D eigenvalue weighted by Crippen LogP contribution is -2.28. The molecule has 116 valence electrons. The molecule has 6 heteroatoms. The number of aromatic nitrogens is 3. The van der Waals surface area contributed by atoms with Crippen molar-refractivity contribution in [1.82, 2.24) is 19.9 Å². The van der Waals surface area contributed by atoms with Crippen LogP contribution >= 0.6 is 0 Å². The number of carbonyl (C=O) groups excluding carboxylic acids is 1. The molecule has 0 radical (unpaired) electrons. The highest BCUT2D eigenvalue weighted by Gasteiger charge is 2.16. The summed E-state index contributed by atoms with van der Waals surface area (Å²) in [6, 6.07) is 9.41. The number of nitrogens with one attached hydrogen (secondary N) is 1. The summed E-state index contributed by atoms with van der Waals surface area (Å²) in [5.74, 6) is -0.590. The van der Waals surface area contributed by atoms with Crippen LogP contribution in [0.25, 0.3) is 5.69 Å². The van der Waals surface area contributed by atoms with E-state index in [4.69, 9.17) is 0 Å². The van der Waals surface area contributed by atoms with Gasteiger partial charge in [0.05, 0.1) is 18.6 Å². The first-order valence-corrected chi connectivity index (χ1v) is 7.14. The Morgan fingerprint density at radius 2 is 1.96 bits per heavy atom. The molecule has 0 aliphatic carbocycles. The van der Waals surface area contributed by atoms with Crippen molar-refractivity contribution in [3.05, 3.63) is 78.4 Å². The summed E-state index contributed by atoms with van der Waals surface area (Å²) in [6.07, 6.45) is 6.40. The number of benzene rings is 1. The van der Waals surface area contributed by atoms with Gasteiger partial charge >= 0.3 is 0 Å². The Kier molecular flexibility index (Phi) is 4.14. The number of hydrogen-bond donors (Lipinski definition) is 1. The van der Waals surface area contributed by atoms with Gasteiger partial charge < -0.3 is 5.32 Å². The van der Waals surface area contributed by atoms with Crippen molar-refractivity contribution in [3.63, 3.8) is 0 Å². The van der Waals surface area contributed by atoms with Gasteiger partial charge in [-0.05, 0) is 42.8 Å². The zero-order valence-corrected chi connectivity index (χ0v) is 12.5. The molecule has 0 fully saturated rings. The minimum Gasteiger partial charge on any atom is -0.344 e. The van der Waals surface area contributed by atoms with Crippen molar-refractivity contribution < 1.29 is 9.18 Å². The molecule has 1 unspecified atom stereocenters. The number of rotatable bonds is 4. The maximum absolute atomic E-state index is 13.0. The summed E-state index contributed by atoms with van der Waals surface area (Å²) in [4.78, 5) is 20.5. The molecule has 0 saturated heterocycles.